The van der Waals surface area contributed by atoms with E-state index in [0.717, 1.165) is 31.5 Å². The van der Waals surface area contributed by atoms with E-state index in [1.807, 2.05) is 19.2 Å². The van der Waals surface area contributed by atoms with E-state index in [9.17, 15) is 4.79 Å². The van der Waals surface area contributed by atoms with Crippen LogP contribution in [0.3, 0.4) is 0 Å². The van der Waals surface area contributed by atoms with Gasteiger partial charge in [-0.2, -0.15) is 0 Å². The van der Waals surface area contributed by atoms with Gasteiger partial charge in [0.05, 0.1) is 0 Å². The van der Waals surface area contributed by atoms with E-state index in [1.54, 1.807) is 0 Å². The summed E-state index contributed by atoms with van der Waals surface area (Å²) in [5.74, 6) is 0.274. The van der Waals surface area contributed by atoms with Gasteiger partial charge in [-0.1, -0.05) is 36.8 Å². The molecular formula is C12H22N4O2S. The molecule has 108 valence electrons. The van der Waals surface area contributed by atoms with Gasteiger partial charge < -0.3 is 21.2 Å². The Kier molecular flexibility index (Phi) is 6.04. The van der Waals surface area contributed by atoms with E-state index in [1.165, 1.54) is 11.3 Å². The van der Waals surface area contributed by atoms with E-state index in [0.29, 0.717) is 6.54 Å². The first-order valence-electron chi connectivity index (χ1n) is 6.31. The molecule has 1 aromatic rings. The Balaban J connectivity index is 2.13. The van der Waals surface area contributed by atoms with Crippen molar-refractivity contribution in [2.45, 2.75) is 39.7 Å². The summed E-state index contributed by atoms with van der Waals surface area (Å²) < 4.78 is 0. The fraction of sp³-hybridized carbons (Fsp3) is 0.667. The highest BCUT2D eigenvalue weighted by molar-refractivity contribution is 7.07. The predicted octanol–water partition coefficient (Wildman–Crippen LogP) is 1.47. The van der Waals surface area contributed by atoms with Gasteiger partial charge >= 0.3 is 4.87 Å². The van der Waals surface area contributed by atoms with Crippen molar-refractivity contribution in [3.8, 4) is 0 Å². The zero-order valence-corrected chi connectivity index (χ0v) is 12.2. The molecule has 0 bridgehead atoms. The molecule has 0 unspecified atom stereocenters. The number of amidine groups is 1. The van der Waals surface area contributed by atoms with E-state index < -0.39 is 0 Å². The van der Waals surface area contributed by atoms with Crippen molar-refractivity contribution >= 4 is 17.2 Å². The quantitative estimate of drug-likeness (QED) is 0.191. The Hall–Kier alpha value is -1.34. The van der Waals surface area contributed by atoms with Gasteiger partial charge in [0.2, 0.25) is 0 Å². The first kappa shape index (κ1) is 15.7. The number of hydrogen-bond donors (Lipinski definition) is 4. The molecule has 5 N–H and O–H groups in total. The molecule has 1 heterocycles. The Morgan fingerprint density at radius 2 is 2.32 bits per heavy atom. The van der Waals surface area contributed by atoms with Crippen molar-refractivity contribution in [3.05, 3.63) is 20.7 Å². The van der Waals surface area contributed by atoms with Gasteiger partial charge in [0.25, 0.3) is 0 Å². The maximum atomic E-state index is 10.9. The van der Waals surface area contributed by atoms with Crippen LogP contribution in [0.5, 0.6) is 0 Å². The standard InChI is InChI=1S/C12H22N4O2S/c1-12(2,10(13)16-18)5-3-4-6-14-7-9-8-19-11(17)15-9/h8,14,18H,3-7H2,1-2H3,(H2,13,16)(H,15,17). The van der Waals surface area contributed by atoms with E-state index >= 15 is 0 Å². The minimum Gasteiger partial charge on any atom is -0.409 e. The van der Waals surface area contributed by atoms with Crippen molar-refractivity contribution in [3.63, 3.8) is 0 Å². The topological polar surface area (TPSA) is 104 Å². The number of nitrogens with zero attached hydrogens (tertiary/aromatic N) is 1. The van der Waals surface area contributed by atoms with Gasteiger partial charge in [0.1, 0.15) is 5.84 Å². The van der Waals surface area contributed by atoms with Crippen molar-refractivity contribution in [1.82, 2.24) is 10.3 Å². The maximum Gasteiger partial charge on any atom is 0.304 e. The third-order valence-electron chi connectivity index (χ3n) is 3.09. The van der Waals surface area contributed by atoms with Gasteiger partial charge in [0, 0.05) is 23.0 Å². The molecule has 0 atom stereocenters. The molecule has 19 heavy (non-hydrogen) atoms. The molecular weight excluding hydrogens is 264 g/mol. The van der Waals surface area contributed by atoms with Gasteiger partial charge in [-0.15, -0.1) is 0 Å². The van der Waals surface area contributed by atoms with Crippen molar-refractivity contribution < 1.29 is 5.21 Å². The van der Waals surface area contributed by atoms with Crippen LogP contribution in [0.15, 0.2) is 15.3 Å². The number of aromatic nitrogens is 1. The highest BCUT2D eigenvalue weighted by Gasteiger charge is 2.22. The van der Waals surface area contributed by atoms with Crippen LogP contribution in [0.25, 0.3) is 0 Å². The first-order chi connectivity index (χ1) is 8.95. The number of aromatic amines is 1. The minimum atomic E-state index is -0.270. The molecule has 0 saturated heterocycles. The Bertz CT molecular complexity index is 464. The third kappa shape index (κ3) is 5.44. The minimum absolute atomic E-state index is 0.0164. The lowest BCUT2D eigenvalue weighted by Gasteiger charge is -2.22. The monoisotopic (exact) mass is 286 g/mol. The molecule has 0 fully saturated rings. The Morgan fingerprint density at radius 1 is 1.58 bits per heavy atom. The number of oxime groups is 1. The van der Waals surface area contributed by atoms with Crippen LogP contribution in [0.4, 0.5) is 0 Å². The maximum absolute atomic E-state index is 10.9. The predicted molar refractivity (Wildman–Crippen MR) is 77.7 cm³/mol. The number of nitrogens with two attached hydrogens (primary N) is 1. The second-order valence-corrected chi connectivity index (χ2v) is 6.02. The highest BCUT2D eigenvalue weighted by Crippen LogP contribution is 2.23. The molecule has 1 aromatic heterocycles. The Morgan fingerprint density at radius 3 is 2.89 bits per heavy atom. The fourth-order valence-electron chi connectivity index (χ4n) is 1.70. The average molecular weight is 286 g/mol. The number of thiazole rings is 1. The smallest absolute Gasteiger partial charge is 0.304 e. The first-order valence-corrected chi connectivity index (χ1v) is 7.19. The van der Waals surface area contributed by atoms with E-state index in [2.05, 4.69) is 15.5 Å². The molecule has 7 heteroatoms. The summed E-state index contributed by atoms with van der Waals surface area (Å²) >= 11 is 1.18. The van der Waals surface area contributed by atoms with Crippen LogP contribution in [0.2, 0.25) is 0 Å². The van der Waals surface area contributed by atoms with Crippen LogP contribution in [-0.2, 0) is 6.54 Å². The molecule has 0 aliphatic heterocycles. The third-order valence-corrected chi connectivity index (χ3v) is 3.81. The normalized spacial score (nSPS) is 12.8. The number of hydrogen-bond acceptors (Lipinski definition) is 5. The summed E-state index contributed by atoms with van der Waals surface area (Å²) in [6, 6.07) is 0. The second kappa shape index (κ2) is 7.30. The average Bonchev–Trinajstić information content (AvgIpc) is 2.78. The van der Waals surface area contributed by atoms with Crippen LogP contribution in [-0.4, -0.2) is 22.6 Å². The molecule has 0 amide bonds. The molecule has 0 radical (unpaired) electrons. The lowest BCUT2D eigenvalue weighted by atomic mass is 9.86. The molecule has 6 nitrogen and oxygen atoms in total. The zero-order chi connectivity index (χ0) is 14.3. The van der Waals surface area contributed by atoms with Gasteiger partial charge in [-0.05, 0) is 19.4 Å². The van der Waals surface area contributed by atoms with Crippen molar-refractivity contribution in [1.29, 1.82) is 0 Å². The van der Waals surface area contributed by atoms with Crippen LogP contribution in [0.1, 0.15) is 38.8 Å². The molecule has 0 spiro atoms. The summed E-state index contributed by atoms with van der Waals surface area (Å²) in [6.45, 7) is 5.49. The SMILES string of the molecule is CC(C)(CCCCNCc1csc(=O)[nH]1)C(N)=NO. The molecule has 0 aromatic carbocycles. The number of unbranched alkanes of at least 4 members (excludes halogenated alkanes) is 1. The van der Waals surface area contributed by atoms with E-state index in [4.69, 9.17) is 10.9 Å². The Labute approximate surface area is 116 Å². The van der Waals surface area contributed by atoms with Crippen molar-refractivity contribution in [2.24, 2.45) is 16.3 Å². The van der Waals surface area contributed by atoms with Gasteiger partial charge in [-0.3, -0.25) is 4.79 Å². The summed E-state index contributed by atoms with van der Waals surface area (Å²) in [5.41, 5.74) is 6.27. The molecule has 0 aliphatic rings. The lowest BCUT2D eigenvalue weighted by Crippen LogP contribution is -2.32. The second-order valence-electron chi connectivity index (χ2n) is 5.18. The largest absolute Gasteiger partial charge is 0.409 e. The summed E-state index contributed by atoms with van der Waals surface area (Å²) in [5, 5.41) is 16.8. The number of H-pyrrole nitrogens is 1. The molecule has 0 saturated carbocycles. The number of nitrogens with one attached hydrogen (secondary N) is 2. The number of rotatable bonds is 8. The summed E-state index contributed by atoms with van der Waals surface area (Å²) in [7, 11) is 0. The van der Waals surface area contributed by atoms with E-state index in [-0.39, 0.29) is 16.1 Å². The van der Waals surface area contributed by atoms with Crippen molar-refractivity contribution in [2.75, 3.05) is 6.54 Å². The van der Waals surface area contributed by atoms with Crippen LogP contribution >= 0.6 is 11.3 Å². The zero-order valence-electron chi connectivity index (χ0n) is 11.4. The van der Waals surface area contributed by atoms with Crippen LogP contribution < -0.4 is 15.9 Å². The fourth-order valence-corrected chi connectivity index (χ4v) is 2.29. The lowest BCUT2D eigenvalue weighted by molar-refractivity contribution is 0.304. The van der Waals surface area contributed by atoms with Crippen LogP contribution in [0, 0.1) is 5.41 Å². The molecule has 1 rings (SSSR count). The summed E-state index contributed by atoms with van der Waals surface area (Å²) in [4.78, 5) is 13.7. The van der Waals surface area contributed by atoms with Gasteiger partial charge in [0.15, 0.2) is 0 Å². The summed E-state index contributed by atoms with van der Waals surface area (Å²) in [6.07, 6.45) is 2.88. The molecule has 0 aliphatic carbocycles. The highest BCUT2D eigenvalue weighted by atomic mass is 32.1. The van der Waals surface area contributed by atoms with Gasteiger partial charge in [-0.25, -0.2) is 0 Å².